The molecular weight excluding hydrogens is 513 g/mol. The van der Waals surface area contributed by atoms with Crippen LogP contribution in [0.2, 0.25) is 0 Å². The van der Waals surface area contributed by atoms with Gasteiger partial charge in [-0.2, -0.15) is 13.6 Å². The number of aromatic nitrogens is 2. The Balaban J connectivity index is 2.24. The topological polar surface area (TPSA) is 250 Å². The van der Waals surface area contributed by atoms with Crippen molar-refractivity contribution in [2.24, 2.45) is 0 Å². The lowest BCUT2D eigenvalue weighted by atomic mass is 9.93. The second kappa shape index (κ2) is 9.62. The van der Waals surface area contributed by atoms with Crippen molar-refractivity contribution in [3.8, 4) is 0 Å². The maximum absolute atomic E-state index is 14.7. The number of anilines is 1. The third kappa shape index (κ3) is 6.70. The summed E-state index contributed by atoms with van der Waals surface area (Å²) in [7, 11) is -17.2. The van der Waals surface area contributed by atoms with Crippen LogP contribution < -0.4 is 11.4 Å². The van der Waals surface area contributed by atoms with Crippen molar-refractivity contribution >= 4 is 29.3 Å². The molecule has 6 atom stereocenters. The van der Waals surface area contributed by atoms with E-state index in [4.69, 9.17) is 25.2 Å². The molecule has 184 valence electrons. The van der Waals surface area contributed by atoms with Crippen molar-refractivity contribution in [2.75, 3.05) is 19.0 Å². The molecule has 0 radical (unpaired) electrons. The highest BCUT2D eigenvalue weighted by molar-refractivity contribution is 7.66. The van der Waals surface area contributed by atoms with Crippen molar-refractivity contribution in [2.45, 2.75) is 30.5 Å². The molecule has 0 aromatic carbocycles. The summed E-state index contributed by atoms with van der Waals surface area (Å²) in [6.07, 6.45) is -6.45. The van der Waals surface area contributed by atoms with Crippen LogP contribution in [0, 0.1) is 0 Å². The number of halogens is 2. The van der Waals surface area contributed by atoms with Crippen molar-refractivity contribution < 1.29 is 65.0 Å². The van der Waals surface area contributed by atoms with E-state index in [-0.39, 0.29) is 5.82 Å². The molecule has 1 aliphatic heterocycles. The first-order valence-electron chi connectivity index (χ1n) is 8.20. The predicted molar refractivity (Wildman–Crippen MR) is 97.1 cm³/mol. The molecule has 0 aliphatic carbocycles. The zero-order valence-electron chi connectivity index (χ0n) is 15.6. The second-order valence-electron chi connectivity index (χ2n) is 6.31. The molecule has 1 aromatic rings. The maximum Gasteiger partial charge on any atom is 0.490 e. The van der Waals surface area contributed by atoms with Crippen molar-refractivity contribution in [3.63, 3.8) is 0 Å². The van der Waals surface area contributed by atoms with Gasteiger partial charge in [0.25, 0.3) is 0 Å². The standard InChI is InChI=1S/C11H18F2N3O13P3/c12-3-2-11(5-26-31(22,23)29-32(24,25)28-30(19,20)21)8(17)7(13)9(27-11)16-4-1-6(14)15-10(16)18/h1,4,7-9,17H,2-3,5H2,(H,22,23)(H,24,25)(H2,14,15,18)(H2,19,20,21)/t7-,8+,9-,11-/m1/s1. The molecule has 1 fully saturated rings. The Morgan fingerprint density at radius 3 is 2.38 bits per heavy atom. The number of phosphoric acid groups is 3. The molecule has 2 unspecified atom stereocenters. The molecule has 2 rings (SSSR count). The predicted octanol–water partition coefficient (Wildman–Crippen LogP) is -0.505. The molecular formula is C11H18F2N3O13P3. The lowest BCUT2D eigenvalue weighted by Gasteiger charge is -2.31. The molecule has 16 nitrogen and oxygen atoms in total. The lowest BCUT2D eigenvalue weighted by Crippen LogP contribution is -2.46. The number of nitrogen functional groups attached to an aromatic ring is 1. The van der Waals surface area contributed by atoms with Crippen LogP contribution in [-0.2, 0) is 31.6 Å². The summed E-state index contributed by atoms with van der Waals surface area (Å²) in [5.74, 6) is -0.220. The van der Waals surface area contributed by atoms with E-state index in [2.05, 4.69) is 18.1 Å². The molecule has 2 heterocycles. The summed E-state index contributed by atoms with van der Waals surface area (Å²) in [6.45, 7) is -2.62. The average Bonchev–Trinajstić information content (AvgIpc) is 2.83. The van der Waals surface area contributed by atoms with Gasteiger partial charge in [-0.05, 0) is 6.07 Å². The van der Waals surface area contributed by atoms with E-state index in [1.807, 2.05) is 0 Å². The average molecular weight is 531 g/mol. The van der Waals surface area contributed by atoms with Crippen LogP contribution in [0.15, 0.2) is 17.1 Å². The fourth-order valence-electron chi connectivity index (χ4n) is 2.70. The zero-order chi connectivity index (χ0) is 24.5. The molecule has 32 heavy (non-hydrogen) atoms. The van der Waals surface area contributed by atoms with E-state index in [9.17, 15) is 37.3 Å². The Hall–Kier alpha value is -1.13. The van der Waals surface area contributed by atoms with E-state index in [0.717, 1.165) is 12.3 Å². The first-order chi connectivity index (χ1) is 14.5. The van der Waals surface area contributed by atoms with Gasteiger partial charge in [0.2, 0.25) is 0 Å². The van der Waals surface area contributed by atoms with Crippen LogP contribution in [-0.4, -0.2) is 65.4 Å². The number of aliphatic hydroxyl groups is 1. The summed E-state index contributed by atoms with van der Waals surface area (Å²) in [5, 5.41) is 10.2. The molecule has 7 N–H and O–H groups in total. The fraction of sp³-hybridized carbons (Fsp3) is 0.636. The number of hydrogen-bond acceptors (Lipinski definition) is 11. The van der Waals surface area contributed by atoms with Gasteiger partial charge in [-0.25, -0.2) is 22.9 Å². The van der Waals surface area contributed by atoms with Crippen LogP contribution in [0.3, 0.4) is 0 Å². The first kappa shape index (κ1) is 27.1. The maximum atomic E-state index is 14.7. The fourth-order valence-corrected chi connectivity index (χ4v) is 5.78. The van der Waals surface area contributed by atoms with Crippen molar-refractivity contribution in [1.82, 2.24) is 9.55 Å². The van der Waals surface area contributed by atoms with Crippen LogP contribution in [0.4, 0.5) is 14.6 Å². The number of nitrogens with two attached hydrogens (primary N) is 1. The molecule has 1 aromatic heterocycles. The summed E-state index contributed by atoms with van der Waals surface area (Å²) in [4.78, 5) is 50.9. The molecule has 1 aliphatic rings. The third-order valence-corrected chi connectivity index (χ3v) is 7.78. The minimum atomic E-state index is -5.85. The second-order valence-corrected chi connectivity index (χ2v) is 10.7. The summed E-state index contributed by atoms with van der Waals surface area (Å²) in [6, 6.07) is 1.09. The Labute approximate surface area is 177 Å². The first-order valence-corrected chi connectivity index (χ1v) is 12.7. The molecule has 0 bridgehead atoms. The van der Waals surface area contributed by atoms with Gasteiger partial charge in [0.05, 0.1) is 13.3 Å². The Bertz CT molecular complexity index is 1040. The summed E-state index contributed by atoms with van der Waals surface area (Å²) >= 11 is 0. The number of nitrogens with zero attached hydrogens (tertiary/aromatic N) is 2. The minimum absolute atomic E-state index is 0.220. The molecule has 0 amide bonds. The van der Waals surface area contributed by atoms with E-state index < -0.39 is 73.0 Å². The largest absolute Gasteiger partial charge is 0.490 e. The van der Waals surface area contributed by atoms with E-state index >= 15 is 0 Å². The number of hydrogen-bond donors (Lipinski definition) is 6. The summed E-state index contributed by atoms with van der Waals surface area (Å²) < 4.78 is 78.9. The highest BCUT2D eigenvalue weighted by Crippen LogP contribution is 2.66. The monoisotopic (exact) mass is 531 g/mol. The van der Waals surface area contributed by atoms with Crippen LogP contribution in [0.5, 0.6) is 0 Å². The smallest absolute Gasteiger partial charge is 0.387 e. The Morgan fingerprint density at radius 2 is 1.84 bits per heavy atom. The van der Waals surface area contributed by atoms with Gasteiger partial charge in [-0.15, -0.1) is 0 Å². The number of phosphoric ester groups is 1. The molecule has 0 saturated carbocycles. The molecule has 1 saturated heterocycles. The highest BCUT2D eigenvalue weighted by Gasteiger charge is 2.57. The van der Waals surface area contributed by atoms with Gasteiger partial charge in [-0.3, -0.25) is 13.5 Å². The van der Waals surface area contributed by atoms with Gasteiger partial charge in [0, 0.05) is 12.6 Å². The van der Waals surface area contributed by atoms with Crippen LogP contribution in [0.25, 0.3) is 0 Å². The highest BCUT2D eigenvalue weighted by atomic mass is 31.3. The van der Waals surface area contributed by atoms with Crippen molar-refractivity contribution in [1.29, 1.82) is 0 Å². The third-order valence-electron chi connectivity index (χ3n) is 4.00. The van der Waals surface area contributed by atoms with Crippen molar-refractivity contribution in [3.05, 3.63) is 22.7 Å². The van der Waals surface area contributed by atoms with E-state index in [1.54, 1.807) is 0 Å². The number of aliphatic hydroxyl groups excluding tert-OH is 1. The van der Waals surface area contributed by atoms with Gasteiger partial charge >= 0.3 is 29.2 Å². The lowest BCUT2D eigenvalue weighted by molar-refractivity contribution is -0.132. The van der Waals surface area contributed by atoms with E-state index in [1.165, 1.54) is 0 Å². The normalized spacial score (nSPS) is 30.0. The Morgan fingerprint density at radius 1 is 1.22 bits per heavy atom. The SMILES string of the molecule is Nc1ccn([C@@H]2O[C@](CCF)(COP(=O)(O)OP(=O)(O)OP(=O)(O)O)[C@@H](O)[C@H]2F)c(=O)n1. The number of rotatable bonds is 10. The summed E-state index contributed by atoms with van der Waals surface area (Å²) in [5.41, 5.74) is 1.81. The number of ether oxygens (including phenoxy) is 1. The zero-order valence-corrected chi connectivity index (χ0v) is 18.3. The van der Waals surface area contributed by atoms with Gasteiger partial charge in [-0.1, -0.05) is 0 Å². The molecule has 0 spiro atoms. The quantitative estimate of drug-likeness (QED) is 0.208. The van der Waals surface area contributed by atoms with Crippen LogP contribution >= 0.6 is 23.5 Å². The molecule has 21 heteroatoms. The minimum Gasteiger partial charge on any atom is -0.387 e. The van der Waals surface area contributed by atoms with E-state index in [0.29, 0.717) is 4.57 Å². The van der Waals surface area contributed by atoms with Gasteiger partial charge in [0.1, 0.15) is 17.5 Å². The van der Waals surface area contributed by atoms with Gasteiger partial charge in [0.15, 0.2) is 12.4 Å². The van der Waals surface area contributed by atoms with Gasteiger partial charge < -0.3 is 35.2 Å². The number of alkyl halides is 2. The van der Waals surface area contributed by atoms with Crippen LogP contribution in [0.1, 0.15) is 12.6 Å². The Kier molecular flexibility index (Phi) is 8.15.